The van der Waals surface area contributed by atoms with Crippen molar-refractivity contribution in [1.82, 2.24) is 5.32 Å². The summed E-state index contributed by atoms with van der Waals surface area (Å²) in [5.74, 6) is 0. The Morgan fingerprint density at radius 2 is 1.77 bits per heavy atom. The summed E-state index contributed by atoms with van der Waals surface area (Å²) in [4.78, 5) is 0. The quantitative estimate of drug-likeness (QED) is 0.576. The largest absolute Gasteiger partial charge is 0.389 e. The zero-order valence-corrected chi connectivity index (χ0v) is 8.18. The third kappa shape index (κ3) is 1.30. The normalized spacial score (nSPS) is 30.9. The Kier molecular flexibility index (Phi) is 2.34. The highest BCUT2D eigenvalue weighted by atomic mass is 16.3. The van der Waals surface area contributed by atoms with Gasteiger partial charge in [0.15, 0.2) is 0 Å². The summed E-state index contributed by atoms with van der Waals surface area (Å²) in [6.45, 7) is 2.54. The van der Waals surface area contributed by atoms with E-state index in [4.69, 9.17) is 5.73 Å². The van der Waals surface area contributed by atoms with Gasteiger partial charge in [0.05, 0.1) is 5.60 Å². The van der Waals surface area contributed by atoms with E-state index < -0.39 is 5.60 Å². The fourth-order valence-corrected chi connectivity index (χ4v) is 2.83. The summed E-state index contributed by atoms with van der Waals surface area (Å²) < 4.78 is 0. The fraction of sp³-hybridized carbons (Fsp3) is 1.00. The second-order valence-electron chi connectivity index (χ2n) is 4.62. The lowest BCUT2D eigenvalue weighted by Crippen LogP contribution is -2.60. The number of rotatable bonds is 2. The molecule has 3 nitrogen and oxygen atoms in total. The molecule has 4 N–H and O–H groups in total. The van der Waals surface area contributed by atoms with Gasteiger partial charge in [0.25, 0.3) is 0 Å². The van der Waals surface area contributed by atoms with Crippen molar-refractivity contribution in [2.24, 2.45) is 11.1 Å². The van der Waals surface area contributed by atoms with Gasteiger partial charge in [-0.3, -0.25) is 0 Å². The van der Waals surface area contributed by atoms with Crippen LogP contribution in [0.25, 0.3) is 0 Å². The highest BCUT2D eigenvalue weighted by Crippen LogP contribution is 2.51. The van der Waals surface area contributed by atoms with Crippen molar-refractivity contribution in [2.45, 2.75) is 37.7 Å². The topological polar surface area (TPSA) is 58.3 Å². The highest BCUT2D eigenvalue weighted by molar-refractivity contribution is 5.06. The molecule has 1 aliphatic heterocycles. The minimum absolute atomic E-state index is 0.0646. The molecule has 1 heterocycles. The first-order valence-corrected chi connectivity index (χ1v) is 5.36. The molecule has 1 aliphatic carbocycles. The Morgan fingerprint density at radius 1 is 1.15 bits per heavy atom. The van der Waals surface area contributed by atoms with Gasteiger partial charge in [-0.05, 0) is 38.8 Å². The molecule has 0 radical (unpaired) electrons. The number of aliphatic hydroxyl groups is 1. The van der Waals surface area contributed by atoms with Crippen molar-refractivity contribution in [2.75, 3.05) is 19.6 Å². The SMILES string of the molecule is NCC1(C2(O)CCNCC2)CCC1. The second kappa shape index (κ2) is 3.23. The van der Waals surface area contributed by atoms with Gasteiger partial charge < -0.3 is 16.2 Å². The number of hydrogen-bond acceptors (Lipinski definition) is 3. The standard InChI is InChI=1S/C10H20N2O/c11-8-9(2-1-3-9)10(13)4-6-12-7-5-10/h12-13H,1-8,11H2. The van der Waals surface area contributed by atoms with Gasteiger partial charge >= 0.3 is 0 Å². The average molecular weight is 184 g/mol. The fourth-order valence-electron chi connectivity index (χ4n) is 2.83. The van der Waals surface area contributed by atoms with Gasteiger partial charge in [0.1, 0.15) is 0 Å². The lowest BCUT2D eigenvalue weighted by molar-refractivity contribution is -0.138. The molecule has 3 heteroatoms. The van der Waals surface area contributed by atoms with Crippen LogP contribution in [-0.2, 0) is 0 Å². The van der Waals surface area contributed by atoms with Crippen LogP contribution in [-0.4, -0.2) is 30.3 Å². The van der Waals surface area contributed by atoms with Crippen LogP contribution in [0.15, 0.2) is 0 Å². The van der Waals surface area contributed by atoms with Crippen LogP contribution in [0.3, 0.4) is 0 Å². The molecule has 0 spiro atoms. The van der Waals surface area contributed by atoms with Crippen molar-refractivity contribution in [3.05, 3.63) is 0 Å². The molecule has 0 atom stereocenters. The first kappa shape index (κ1) is 9.44. The first-order valence-electron chi connectivity index (χ1n) is 5.36. The van der Waals surface area contributed by atoms with Crippen molar-refractivity contribution >= 4 is 0 Å². The molecular weight excluding hydrogens is 164 g/mol. The van der Waals surface area contributed by atoms with Crippen LogP contribution in [0, 0.1) is 5.41 Å². The summed E-state index contributed by atoms with van der Waals surface area (Å²) in [5, 5.41) is 13.8. The third-order valence-corrected chi connectivity index (χ3v) is 4.12. The first-order chi connectivity index (χ1) is 6.22. The summed E-state index contributed by atoms with van der Waals surface area (Å²) in [6, 6.07) is 0. The summed E-state index contributed by atoms with van der Waals surface area (Å²) in [5.41, 5.74) is 5.40. The van der Waals surface area contributed by atoms with Gasteiger partial charge in [0, 0.05) is 12.0 Å². The van der Waals surface area contributed by atoms with E-state index in [1.807, 2.05) is 0 Å². The van der Waals surface area contributed by atoms with Crippen molar-refractivity contribution in [3.8, 4) is 0 Å². The highest BCUT2D eigenvalue weighted by Gasteiger charge is 2.52. The molecule has 76 valence electrons. The number of nitrogens with two attached hydrogens (primary N) is 1. The second-order valence-corrected chi connectivity index (χ2v) is 4.62. The van der Waals surface area contributed by atoms with Crippen molar-refractivity contribution in [1.29, 1.82) is 0 Å². The summed E-state index contributed by atoms with van der Waals surface area (Å²) >= 11 is 0. The molecule has 0 aromatic carbocycles. The zero-order chi connectivity index (χ0) is 9.36. The molecule has 2 rings (SSSR count). The Bertz CT molecular complexity index is 178. The van der Waals surface area contributed by atoms with Crippen LogP contribution >= 0.6 is 0 Å². The Balaban J connectivity index is 2.10. The molecular formula is C10H20N2O. The predicted octanol–water partition coefficient (Wildman–Crippen LogP) is 0.230. The molecule has 2 aliphatic rings. The Morgan fingerprint density at radius 3 is 2.15 bits per heavy atom. The van der Waals surface area contributed by atoms with E-state index >= 15 is 0 Å². The van der Waals surface area contributed by atoms with E-state index in [1.54, 1.807) is 0 Å². The van der Waals surface area contributed by atoms with Gasteiger partial charge in [-0.2, -0.15) is 0 Å². The summed E-state index contributed by atoms with van der Waals surface area (Å²) in [7, 11) is 0. The lowest BCUT2D eigenvalue weighted by Gasteiger charge is -2.54. The van der Waals surface area contributed by atoms with E-state index in [-0.39, 0.29) is 5.41 Å². The Hall–Kier alpha value is -0.120. The molecule has 2 fully saturated rings. The predicted molar refractivity (Wildman–Crippen MR) is 52.4 cm³/mol. The average Bonchev–Trinajstić information content (AvgIpc) is 2.04. The molecule has 0 unspecified atom stereocenters. The lowest BCUT2D eigenvalue weighted by atomic mass is 9.56. The number of hydrogen-bond donors (Lipinski definition) is 3. The molecule has 1 saturated heterocycles. The van der Waals surface area contributed by atoms with Gasteiger partial charge in [-0.15, -0.1) is 0 Å². The third-order valence-electron chi connectivity index (χ3n) is 4.12. The van der Waals surface area contributed by atoms with Crippen molar-refractivity contribution < 1.29 is 5.11 Å². The maximum absolute atomic E-state index is 10.5. The van der Waals surface area contributed by atoms with Crippen LogP contribution in [0.4, 0.5) is 0 Å². The minimum Gasteiger partial charge on any atom is -0.389 e. The number of nitrogens with one attached hydrogen (secondary N) is 1. The van der Waals surface area contributed by atoms with Crippen LogP contribution in [0.1, 0.15) is 32.1 Å². The number of piperidine rings is 1. The molecule has 0 bridgehead atoms. The molecule has 0 aromatic heterocycles. The smallest absolute Gasteiger partial charge is 0.0739 e. The van der Waals surface area contributed by atoms with Crippen LogP contribution in [0.5, 0.6) is 0 Å². The molecule has 1 saturated carbocycles. The molecule has 0 aromatic rings. The minimum atomic E-state index is -0.467. The van der Waals surface area contributed by atoms with Crippen molar-refractivity contribution in [3.63, 3.8) is 0 Å². The summed E-state index contributed by atoms with van der Waals surface area (Å²) in [6.07, 6.45) is 5.25. The zero-order valence-electron chi connectivity index (χ0n) is 8.18. The maximum Gasteiger partial charge on any atom is 0.0739 e. The van der Waals surface area contributed by atoms with E-state index in [0.717, 1.165) is 38.8 Å². The van der Waals surface area contributed by atoms with E-state index in [2.05, 4.69) is 5.32 Å². The van der Waals surface area contributed by atoms with Crippen LogP contribution in [0.2, 0.25) is 0 Å². The maximum atomic E-state index is 10.5. The van der Waals surface area contributed by atoms with Gasteiger partial charge in [-0.25, -0.2) is 0 Å². The van der Waals surface area contributed by atoms with Gasteiger partial charge in [0.2, 0.25) is 0 Å². The van der Waals surface area contributed by atoms with E-state index in [0.29, 0.717) is 6.54 Å². The van der Waals surface area contributed by atoms with Crippen LogP contribution < -0.4 is 11.1 Å². The monoisotopic (exact) mass is 184 g/mol. The Labute approximate surface area is 79.7 Å². The molecule has 0 amide bonds. The van der Waals surface area contributed by atoms with E-state index in [1.165, 1.54) is 6.42 Å². The van der Waals surface area contributed by atoms with Gasteiger partial charge in [-0.1, -0.05) is 6.42 Å². The molecule has 13 heavy (non-hydrogen) atoms. The van der Waals surface area contributed by atoms with E-state index in [9.17, 15) is 5.11 Å².